The summed E-state index contributed by atoms with van der Waals surface area (Å²) in [5.41, 5.74) is 2.15. The van der Waals surface area contributed by atoms with Gasteiger partial charge < -0.3 is 10.6 Å². The summed E-state index contributed by atoms with van der Waals surface area (Å²) in [6, 6.07) is 15.6. The van der Waals surface area contributed by atoms with Crippen molar-refractivity contribution in [2.24, 2.45) is 0 Å². The molecular weight excluding hydrogens is 331 g/mol. The number of aryl methyl sites for hydroxylation is 1. The molecule has 2 N–H and O–H groups in total. The van der Waals surface area contributed by atoms with Crippen LogP contribution in [0.15, 0.2) is 48.5 Å². The molecule has 122 valence electrons. The van der Waals surface area contributed by atoms with Gasteiger partial charge in [0, 0.05) is 25.2 Å². The molecule has 23 heavy (non-hydrogen) atoms. The van der Waals surface area contributed by atoms with E-state index in [1.165, 1.54) is 5.56 Å². The second-order valence-corrected chi connectivity index (χ2v) is 6.06. The standard InChI is InChI=1S/C18H20Cl2N2O/c19-16-9-8-15(13-17(16)20)21-12-10-18(23)22-11-4-7-14-5-2-1-3-6-14/h1-3,5-6,8-9,13,21H,4,7,10-12H2,(H,22,23). The lowest BCUT2D eigenvalue weighted by molar-refractivity contribution is -0.120. The Hall–Kier alpha value is -1.71. The Labute approximate surface area is 147 Å². The van der Waals surface area contributed by atoms with E-state index in [0.717, 1.165) is 18.5 Å². The van der Waals surface area contributed by atoms with Crippen LogP contribution in [0.3, 0.4) is 0 Å². The van der Waals surface area contributed by atoms with Gasteiger partial charge in [0.05, 0.1) is 10.0 Å². The Kier molecular flexibility index (Phi) is 7.24. The van der Waals surface area contributed by atoms with Gasteiger partial charge in [-0.05, 0) is 36.6 Å². The Morgan fingerprint density at radius 1 is 0.957 bits per heavy atom. The normalized spacial score (nSPS) is 10.3. The first-order valence-electron chi connectivity index (χ1n) is 7.65. The van der Waals surface area contributed by atoms with E-state index in [0.29, 0.717) is 29.6 Å². The van der Waals surface area contributed by atoms with Crippen LogP contribution in [0, 0.1) is 0 Å². The first kappa shape index (κ1) is 17.6. The second-order valence-electron chi connectivity index (χ2n) is 5.24. The molecule has 2 aromatic carbocycles. The van der Waals surface area contributed by atoms with Gasteiger partial charge in [-0.2, -0.15) is 0 Å². The van der Waals surface area contributed by atoms with Crippen LogP contribution in [0.5, 0.6) is 0 Å². The topological polar surface area (TPSA) is 41.1 Å². The minimum Gasteiger partial charge on any atom is -0.384 e. The molecule has 0 saturated heterocycles. The van der Waals surface area contributed by atoms with E-state index in [4.69, 9.17) is 23.2 Å². The fraction of sp³-hybridized carbons (Fsp3) is 0.278. The van der Waals surface area contributed by atoms with Gasteiger partial charge in [-0.15, -0.1) is 0 Å². The lowest BCUT2D eigenvalue weighted by Crippen LogP contribution is -2.26. The predicted molar refractivity (Wildman–Crippen MR) is 97.3 cm³/mol. The lowest BCUT2D eigenvalue weighted by atomic mass is 10.1. The van der Waals surface area contributed by atoms with Crippen LogP contribution < -0.4 is 10.6 Å². The fourth-order valence-corrected chi connectivity index (χ4v) is 2.48. The van der Waals surface area contributed by atoms with E-state index < -0.39 is 0 Å². The van der Waals surface area contributed by atoms with E-state index in [1.54, 1.807) is 12.1 Å². The zero-order valence-electron chi connectivity index (χ0n) is 12.8. The number of hydrogen-bond acceptors (Lipinski definition) is 2. The summed E-state index contributed by atoms with van der Waals surface area (Å²) in [5, 5.41) is 7.11. The first-order chi connectivity index (χ1) is 11.1. The summed E-state index contributed by atoms with van der Waals surface area (Å²) in [5.74, 6) is 0.0469. The lowest BCUT2D eigenvalue weighted by Gasteiger charge is -2.08. The van der Waals surface area contributed by atoms with Gasteiger partial charge >= 0.3 is 0 Å². The van der Waals surface area contributed by atoms with E-state index in [1.807, 2.05) is 24.3 Å². The van der Waals surface area contributed by atoms with Crippen molar-refractivity contribution in [1.82, 2.24) is 5.32 Å². The highest BCUT2D eigenvalue weighted by atomic mass is 35.5. The number of hydrogen-bond donors (Lipinski definition) is 2. The predicted octanol–water partition coefficient (Wildman–Crippen LogP) is 4.54. The smallest absolute Gasteiger partial charge is 0.221 e. The van der Waals surface area contributed by atoms with Crippen molar-refractivity contribution in [3.05, 3.63) is 64.1 Å². The molecule has 0 saturated carbocycles. The number of carbonyl (C=O) groups is 1. The van der Waals surface area contributed by atoms with Crippen molar-refractivity contribution in [3.8, 4) is 0 Å². The number of anilines is 1. The monoisotopic (exact) mass is 350 g/mol. The van der Waals surface area contributed by atoms with Gasteiger partial charge in [0.2, 0.25) is 5.91 Å². The molecule has 0 aliphatic heterocycles. The molecule has 0 radical (unpaired) electrons. The average molecular weight is 351 g/mol. The highest BCUT2D eigenvalue weighted by Gasteiger charge is 2.02. The van der Waals surface area contributed by atoms with Crippen LogP contribution in [0.2, 0.25) is 10.0 Å². The minimum absolute atomic E-state index is 0.0469. The maximum absolute atomic E-state index is 11.8. The maximum Gasteiger partial charge on any atom is 0.221 e. The molecule has 2 aromatic rings. The number of rotatable bonds is 8. The third kappa shape index (κ3) is 6.51. The van der Waals surface area contributed by atoms with E-state index in [-0.39, 0.29) is 5.91 Å². The molecule has 5 heteroatoms. The van der Waals surface area contributed by atoms with Crippen LogP contribution >= 0.6 is 23.2 Å². The quantitative estimate of drug-likeness (QED) is 0.686. The van der Waals surface area contributed by atoms with Gasteiger partial charge in [-0.25, -0.2) is 0 Å². The van der Waals surface area contributed by atoms with Crippen molar-refractivity contribution in [2.45, 2.75) is 19.3 Å². The van der Waals surface area contributed by atoms with E-state index >= 15 is 0 Å². The summed E-state index contributed by atoms with van der Waals surface area (Å²) in [6.45, 7) is 1.25. The molecule has 0 aliphatic carbocycles. The number of benzene rings is 2. The van der Waals surface area contributed by atoms with Crippen molar-refractivity contribution in [3.63, 3.8) is 0 Å². The van der Waals surface area contributed by atoms with Gasteiger partial charge in [0.15, 0.2) is 0 Å². The molecule has 0 fully saturated rings. The van der Waals surface area contributed by atoms with Gasteiger partial charge in [0.1, 0.15) is 0 Å². The number of halogens is 2. The Balaban J connectivity index is 1.59. The molecule has 0 aromatic heterocycles. The number of carbonyl (C=O) groups excluding carboxylic acids is 1. The van der Waals surface area contributed by atoms with Crippen LogP contribution in [0.4, 0.5) is 5.69 Å². The van der Waals surface area contributed by atoms with Crippen LogP contribution in [0.1, 0.15) is 18.4 Å². The Morgan fingerprint density at radius 2 is 1.74 bits per heavy atom. The Bertz CT molecular complexity index is 632. The zero-order chi connectivity index (χ0) is 16.5. The Morgan fingerprint density at radius 3 is 2.48 bits per heavy atom. The number of nitrogens with one attached hydrogen (secondary N) is 2. The highest BCUT2D eigenvalue weighted by Crippen LogP contribution is 2.24. The van der Waals surface area contributed by atoms with Crippen molar-refractivity contribution in [2.75, 3.05) is 18.4 Å². The molecule has 0 bridgehead atoms. The van der Waals surface area contributed by atoms with E-state index in [9.17, 15) is 4.79 Å². The fourth-order valence-electron chi connectivity index (χ4n) is 2.18. The summed E-state index contributed by atoms with van der Waals surface area (Å²) in [4.78, 5) is 11.8. The van der Waals surface area contributed by atoms with E-state index in [2.05, 4.69) is 22.8 Å². The molecule has 0 atom stereocenters. The van der Waals surface area contributed by atoms with Crippen LogP contribution in [-0.4, -0.2) is 19.0 Å². The largest absolute Gasteiger partial charge is 0.384 e. The van der Waals surface area contributed by atoms with Crippen molar-refractivity contribution in [1.29, 1.82) is 0 Å². The van der Waals surface area contributed by atoms with Crippen LogP contribution in [0.25, 0.3) is 0 Å². The molecular formula is C18H20Cl2N2O. The van der Waals surface area contributed by atoms with Gasteiger partial charge in [0.25, 0.3) is 0 Å². The van der Waals surface area contributed by atoms with Gasteiger partial charge in [-0.1, -0.05) is 53.5 Å². The summed E-state index contributed by atoms with van der Waals surface area (Å²) in [6.07, 6.45) is 2.34. The zero-order valence-corrected chi connectivity index (χ0v) is 14.3. The highest BCUT2D eigenvalue weighted by molar-refractivity contribution is 6.42. The molecule has 0 spiro atoms. The average Bonchev–Trinajstić information content (AvgIpc) is 2.56. The van der Waals surface area contributed by atoms with Crippen molar-refractivity contribution < 1.29 is 4.79 Å². The number of amides is 1. The third-order valence-corrected chi connectivity index (χ3v) is 4.15. The van der Waals surface area contributed by atoms with Gasteiger partial charge in [-0.3, -0.25) is 4.79 Å². The SMILES string of the molecule is O=C(CCNc1ccc(Cl)c(Cl)c1)NCCCc1ccccc1. The third-order valence-electron chi connectivity index (χ3n) is 3.41. The molecule has 0 unspecified atom stereocenters. The summed E-state index contributed by atoms with van der Waals surface area (Å²) >= 11 is 11.8. The molecule has 0 aliphatic rings. The van der Waals surface area contributed by atoms with Crippen LogP contribution in [-0.2, 0) is 11.2 Å². The molecule has 0 heterocycles. The second kappa shape index (κ2) is 9.43. The molecule has 3 nitrogen and oxygen atoms in total. The summed E-state index contributed by atoms with van der Waals surface area (Å²) < 4.78 is 0. The maximum atomic E-state index is 11.8. The first-order valence-corrected chi connectivity index (χ1v) is 8.40. The summed E-state index contributed by atoms with van der Waals surface area (Å²) in [7, 11) is 0. The van der Waals surface area contributed by atoms with Crippen molar-refractivity contribution >= 4 is 34.8 Å². The molecule has 1 amide bonds. The minimum atomic E-state index is 0.0469. The molecule has 2 rings (SSSR count).